The van der Waals surface area contributed by atoms with Crippen molar-refractivity contribution in [1.29, 1.82) is 0 Å². The molecule has 1 aromatic heterocycles. The number of methoxy groups -OCH3 is 1. The Morgan fingerprint density at radius 2 is 2.09 bits per heavy atom. The van der Waals surface area contributed by atoms with Crippen molar-refractivity contribution in [1.82, 2.24) is 4.98 Å². The number of anilines is 1. The minimum absolute atomic E-state index is 0.103. The zero-order chi connectivity index (χ0) is 15.7. The Morgan fingerprint density at radius 1 is 1.32 bits per heavy atom. The van der Waals surface area contributed by atoms with Crippen LogP contribution in [0.4, 0.5) is 19.0 Å². The Bertz CT molecular complexity index is 687. The highest BCUT2D eigenvalue weighted by molar-refractivity contribution is 5.66. The van der Waals surface area contributed by atoms with Gasteiger partial charge in [-0.2, -0.15) is 0 Å². The molecule has 0 amide bonds. The van der Waals surface area contributed by atoms with Crippen LogP contribution in [0, 0.1) is 11.6 Å². The van der Waals surface area contributed by atoms with E-state index in [4.69, 9.17) is 4.74 Å². The van der Waals surface area contributed by atoms with Crippen LogP contribution in [0.25, 0.3) is 11.1 Å². The predicted molar refractivity (Wildman–Crippen MR) is 77.4 cm³/mol. The molecule has 1 aliphatic rings. The highest BCUT2D eigenvalue weighted by Crippen LogP contribution is 2.29. The molecule has 0 aliphatic carbocycles. The first kappa shape index (κ1) is 14.8. The molecule has 2 aromatic rings. The molecular weight excluding hydrogens is 293 g/mol. The summed E-state index contributed by atoms with van der Waals surface area (Å²) in [5, 5.41) is 0. The molecule has 0 spiro atoms. The molecule has 0 saturated carbocycles. The van der Waals surface area contributed by atoms with Gasteiger partial charge in [0.1, 0.15) is 12.0 Å². The molecule has 2 heterocycles. The van der Waals surface area contributed by atoms with Crippen LogP contribution in [-0.2, 0) is 11.3 Å². The molecule has 22 heavy (non-hydrogen) atoms. The van der Waals surface area contributed by atoms with Crippen molar-refractivity contribution in [2.75, 3.05) is 25.1 Å². The summed E-state index contributed by atoms with van der Waals surface area (Å²) in [5.41, 5.74) is 1.00. The first-order valence-corrected chi connectivity index (χ1v) is 6.91. The van der Waals surface area contributed by atoms with E-state index < -0.39 is 17.8 Å². The van der Waals surface area contributed by atoms with Crippen LogP contribution in [0.5, 0.6) is 0 Å². The summed E-state index contributed by atoms with van der Waals surface area (Å²) in [6, 6.07) is 6.08. The number of aromatic nitrogens is 1. The summed E-state index contributed by atoms with van der Waals surface area (Å²) in [6.45, 7) is 0.418. The SMILES string of the molecule is COCc1cccc(-c2cnc(N3CC(F)C3)c(F)c2)c1F. The van der Waals surface area contributed by atoms with Gasteiger partial charge in [0.2, 0.25) is 0 Å². The summed E-state index contributed by atoms with van der Waals surface area (Å²) >= 11 is 0. The molecule has 116 valence electrons. The number of pyridine rings is 1. The standard InChI is InChI=1S/C16H15F3N2O/c1-22-9-10-3-2-4-13(15(10)19)11-5-14(18)16(20-6-11)21-7-12(17)8-21/h2-6,12H,7-9H2,1H3. The fourth-order valence-electron chi connectivity index (χ4n) is 2.48. The molecule has 1 fully saturated rings. The second-order valence-corrected chi connectivity index (χ2v) is 5.24. The molecule has 3 rings (SSSR count). The van der Waals surface area contributed by atoms with Gasteiger partial charge in [-0.15, -0.1) is 0 Å². The Morgan fingerprint density at radius 3 is 2.73 bits per heavy atom. The van der Waals surface area contributed by atoms with Gasteiger partial charge in [0.15, 0.2) is 11.6 Å². The van der Waals surface area contributed by atoms with E-state index in [2.05, 4.69) is 4.98 Å². The number of nitrogens with zero attached hydrogens (tertiary/aromatic N) is 2. The van der Waals surface area contributed by atoms with E-state index >= 15 is 0 Å². The van der Waals surface area contributed by atoms with E-state index in [1.807, 2.05) is 0 Å². The third-order valence-electron chi connectivity index (χ3n) is 3.65. The van der Waals surface area contributed by atoms with Gasteiger partial charge >= 0.3 is 0 Å². The predicted octanol–water partition coefficient (Wildman–Crippen LogP) is 3.33. The molecule has 1 aliphatic heterocycles. The summed E-state index contributed by atoms with van der Waals surface area (Å²) in [4.78, 5) is 5.53. The molecule has 0 unspecified atom stereocenters. The highest BCUT2D eigenvalue weighted by atomic mass is 19.1. The maximum Gasteiger partial charge on any atom is 0.166 e. The van der Waals surface area contributed by atoms with Crippen molar-refractivity contribution in [2.45, 2.75) is 12.8 Å². The van der Waals surface area contributed by atoms with Crippen LogP contribution < -0.4 is 4.90 Å². The molecule has 1 aromatic carbocycles. The van der Waals surface area contributed by atoms with Crippen molar-refractivity contribution in [3.63, 3.8) is 0 Å². The highest BCUT2D eigenvalue weighted by Gasteiger charge is 2.29. The van der Waals surface area contributed by atoms with E-state index in [1.54, 1.807) is 18.2 Å². The van der Waals surface area contributed by atoms with Crippen LogP contribution in [0.15, 0.2) is 30.5 Å². The molecule has 0 bridgehead atoms. The van der Waals surface area contributed by atoms with Crippen molar-refractivity contribution in [2.24, 2.45) is 0 Å². The quantitative estimate of drug-likeness (QED) is 0.866. The van der Waals surface area contributed by atoms with Gasteiger partial charge < -0.3 is 9.64 Å². The molecule has 3 nitrogen and oxygen atoms in total. The summed E-state index contributed by atoms with van der Waals surface area (Å²) in [5.74, 6) is -0.932. The molecule has 0 atom stereocenters. The summed E-state index contributed by atoms with van der Waals surface area (Å²) in [7, 11) is 1.48. The van der Waals surface area contributed by atoms with E-state index in [0.29, 0.717) is 11.1 Å². The van der Waals surface area contributed by atoms with Gasteiger partial charge in [-0.25, -0.2) is 18.2 Å². The maximum absolute atomic E-state index is 14.4. The van der Waals surface area contributed by atoms with E-state index in [1.165, 1.54) is 24.3 Å². The van der Waals surface area contributed by atoms with Gasteiger partial charge in [-0.3, -0.25) is 0 Å². The average Bonchev–Trinajstić information content (AvgIpc) is 2.47. The van der Waals surface area contributed by atoms with Crippen molar-refractivity contribution in [3.8, 4) is 11.1 Å². The lowest BCUT2D eigenvalue weighted by molar-refractivity contribution is 0.181. The monoisotopic (exact) mass is 308 g/mol. The van der Waals surface area contributed by atoms with Crippen LogP contribution in [0.1, 0.15) is 5.56 Å². The number of alkyl halides is 1. The largest absolute Gasteiger partial charge is 0.380 e. The fraction of sp³-hybridized carbons (Fsp3) is 0.312. The summed E-state index contributed by atoms with van der Waals surface area (Å²) < 4.78 is 46.3. The van der Waals surface area contributed by atoms with Gasteiger partial charge in [0, 0.05) is 30.0 Å². The van der Waals surface area contributed by atoms with Gasteiger partial charge in [0.05, 0.1) is 19.7 Å². The van der Waals surface area contributed by atoms with Gasteiger partial charge in [0.25, 0.3) is 0 Å². The third kappa shape index (κ3) is 2.66. The zero-order valence-corrected chi connectivity index (χ0v) is 12.0. The Labute approximate surface area is 126 Å². The van der Waals surface area contributed by atoms with Crippen LogP contribution >= 0.6 is 0 Å². The molecule has 6 heteroatoms. The van der Waals surface area contributed by atoms with Crippen molar-refractivity contribution in [3.05, 3.63) is 47.7 Å². The van der Waals surface area contributed by atoms with Crippen LogP contribution in [-0.4, -0.2) is 31.4 Å². The minimum Gasteiger partial charge on any atom is -0.380 e. The number of halogens is 3. The van der Waals surface area contributed by atoms with E-state index in [-0.39, 0.29) is 31.1 Å². The Balaban J connectivity index is 1.93. The first-order valence-electron chi connectivity index (χ1n) is 6.91. The van der Waals surface area contributed by atoms with Gasteiger partial charge in [-0.05, 0) is 6.07 Å². The third-order valence-corrected chi connectivity index (χ3v) is 3.65. The fourth-order valence-corrected chi connectivity index (χ4v) is 2.48. The molecule has 1 saturated heterocycles. The molecule has 0 N–H and O–H groups in total. The average molecular weight is 308 g/mol. The lowest BCUT2D eigenvalue weighted by Crippen LogP contribution is -2.49. The van der Waals surface area contributed by atoms with Gasteiger partial charge in [-0.1, -0.05) is 18.2 Å². The second kappa shape index (κ2) is 5.96. The Hall–Kier alpha value is -2.08. The van der Waals surface area contributed by atoms with Crippen LogP contribution in [0.2, 0.25) is 0 Å². The zero-order valence-electron chi connectivity index (χ0n) is 12.0. The van der Waals surface area contributed by atoms with E-state index in [9.17, 15) is 13.2 Å². The van der Waals surface area contributed by atoms with Crippen molar-refractivity contribution >= 4 is 5.82 Å². The number of hydrogen-bond acceptors (Lipinski definition) is 3. The first-order chi connectivity index (χ1) is 10.6. The number of hydrogen-bond donors (Lipinski definition) is 0. The minimum atomic E-state index is -0.941. The van der Waals surface area contributed by atoms with Crippen molar-refractivity contribution < 1.29 is 17.9 Å². The van der Waals surface area contributed by atoms with Crippen LogP contribution in [0.3, 0.4) is 0 Å². The topological polar surface area (TPSA) is 25.4 Å². The lowest BCUT2D eigenvalue weighted by Gasteiger charge is -2.35. The smallest absolute Gasteiger partial charge is 0.166 e. The molecular formula is C16H15F3N2O. The number of rotatable bonds is 4. The lowest BCUT2D eigenvalue weighted by atomic mass is 10.0. The number of ether oxygens (including phenoxy) is 1. The molecule has 0 radical (unpaired) electrons. The maximum atomic E-state index is 14.4. The Kier molecular flexibility index (Phi) is 4.02. The number of benzene rings is 1. The second-order valence-electron chi connectivity index (χ2n) is 5.24. The van der Waals surface area contributed by atoms with E-state index in [0.717, 1.165) is 0 Å². The summed E-state index contributed by atoms with van der Waals surface area (Å²) in [6.07, 6.45) is 0.461. The normalized spacial score (nSPS) is 15.0.